The van der Waals surface area contributed by atoms with Crippen molar-refractivity contribution in [2.75, 3.05) is 11.6 Å². The summed E-state index contributed by atoms with van der Waals surface area (Å²) in [5.74, 6) is 4.61. The standard InChI is InChI=1S/C22H38N4O2/c1-2-3-4-5-6-7-8-9-10-14-19-24-26(20-15-12-11-13-16-20)22(28)18-17-21(27)25-23/h11-13,15-16,24H,2-10,14,17-19,23H2,1H3,(H,25,27). The fourth-order valence-electron chi connectivity index (χ4n) is 3.11. The molecule has 1 rings (SSSR count). The van der Waals surface area contributed by atoms with Gasteiger partial charge in [0.15, 0.2) is 0 Å². The Morgan fingerprint density at radius 3 is 2.00 bits per heavy atom. The topological polar surface area (TPSA) is 87.5 Å². The molecule has 0 aliphatic carbocycles. The van der Waals surface area contributed by atoms with Gasteiger partial charge < -0.3 is 0 Å². The molecule has 2 amide bonds. The molecule has 1 aromatic carbocycles. The molecule has 0 aliphatic rings. The highest BCUT2D eigenvalue weighted by Crippen LogP contribution is 2.14. The van der Waals surface area contributed by atoms with Crippen molar-refractivity contribution < 1.29 is 9.59 Å². The van der Waals surface area contributed by atoms with Crippen LogP contribution in [0.3, 0.4) is 0 Å². The average Bonchev–Trinajstić information content (AvgIpc) is 2.73. The molecule has 0 atom stereocenters. The van der Waals surface area contributed by atoms with Crippen molar-refractivity contribution in [3.05, 3.63) is 30.3 Å². The summed E-state index contributed by atoms with van der Waals surface area (Å²) < 4.78 is 0. The number of nitrogens with zero attached hydrogens (tertiary/aromatic N) is 1. The van der Waals surface area contributed by atoms with E-state index in [1.54, 1.807) is 5.01 Å². The van der Waals surface area contributed by atoms with Gasteiger partial charge in [-0.3, -0.25) is 15.0 Å². The number of carbonyl (C=O) groups is 2. The van der Waals surface area contributed by atoms with Gasteiger partial charge in [0.05, 0.1) is 5.69 Å². The molecule has 0 radical (unpaired) electrons. The first-order chi connectivity index (χ1) is 13.7. The van der Waals surface area contributed by atoms with E-state index in [1.165, 1.54) is 51.4 Å². The third kappa shape index (κ3) is 11.0. The van der Waals surface area contributed by atoms with Crippen LogP contribution >= 0.6 is 0 Å². The normalized spacial score (nSPS) is 10.6. The maximum Gasteiger partial charge on any atom is 0.241 e. The second-order valence-electron chi connectivity index (χ2n) is 7.22. The molecule has 0 unspecified atom stereocenters. The number of amides is 2. The minimum atomic E-state index is -0.337. The third-order valence-corrected chi connectivity index (χ3v) is 4.79. The van der Waals surface area contributed by atoms with Crippen molar-refractivity contribution in [1.82, 2.24) is 10.9 Å². The van der Waals surface area contributed by atoms with E-state index in [9.17, 15) is 9.59 Å². The first kappa shape index (κ1) is 24.1. The van der Waals surface area contributed by atoms with E-state index in [0.29, 0.717) is 0 Å². The average molecular weight is 391 g/mol. The number of unbranched alkanes of at least 4 members (excludes halogenated alkanes) is 9. The second kappa shape index (κ2) is 16.1. The zero-order valence-electron chi connectivity index (χ0n) is 17.4. The van der Waals surface area contributed by atoms with E-state index in [-0.39, 0.29) is 24.7 Å². The lowest BCUT2D eigenvalue weighted by Crippen LogP contribution is -2.44. The van der Waals surface area contributed by atoms with Gasteiger partial charge in [-0.05, 0) is 18.6 Å². The van der Waals surface area contributed by atoms with Crippen molar-refractivity contribution in [3.63, 3.8) is 0 Å². The van der Waals surface area contributed by atoms with E-state index in [1.807, 2.05) is 30.3 Å². The van der Waals surface area contributed by atoms with E-state index in [0.717, 1.165) is 25.1 Å². The highest BCUT2D eigenvalue weighted by Gasteiger charge is 2.16. The van der Waals surface area contributed by atoms with Gasteiger partial charge in [-0.1, -0.05) is 82.9 Å². The molecular formula is C22H38N4O2. The number of hydrogen-bond donors (Lipinski definition) is 3. The van der Waals surface area contributed by atoms with E-state index in [2.05, 4.69) is 17.8 Å². The fourth-order valence-corrected chi connectivity index (χ4v) is 3.11. The molecule has 28 heavy (non-hydrogen) atoms. The maximum absolute atomic E-state index is 12.5. The lowest BCUT2D eigenvalue weighted by atomic mass is 10.1. The molecule has 0 bridgehead atoms. The summed E-state index contributed by atoms with van der Waals surface area (Å²) in [6.07, 6.45) is 13.0. The van der Waals surface area contributed by atoms with Crippen molar-refractivity contribution in [3.8, 4) is 0 Å². The summed E-state index contributed by atoms with van der Waals surface area (Å²) in [6.45, 7) is 2.98. The highest BCUT2D eigenvalue weighted by atomic mass is 16.2. The number of anilines is 1. The molecular weight excluding hydrogens is 352 g/mol. The summed E-state index contributed by atoms with van der Waals surface area (Å²) in [5, 5.41) is 1.55. The zero-order chi connectivity index (χ0) is 20.5. The number of carbonyl (C=O) groups excluding carboxylic acids is 2. The largest absolute Gasteiger partial charge is 0.294 e. The summed E-state index contributed by atoms with van der Waals surface area (Å²) in [7, 11) is 0. The van der Waals surface area contributed by atoms with Crippen LogP contribution in [0, 0.1) is 0 Å². The van der Waals surface area contributed by atoms with Crippen LogP contribution in [0.4, 0.5) is 5.69 Å². The first-order valence-electron chi connectivity index (χ1n) is 10.8. The summed E-state index contributed by atoms with van der Waals surface area (Å²) >= 11 is 0. The third-order valence-electron chi connectivity index (χ3n) is 4.79. The number of hydrazine groups is 2. The van der Waals surface area contributed by atoms with Crippen LogP contribution in [0.25, 0.3) is 0 Å². The van der Waals surface area contributed by atoms with Crippen LogP contribution in [0.15, 0.2) is 30.3 Å². The van der Waals surface area contributed by atoms with Crippen LogP contribution in [-0.4, -0.2) is 18.4 Å². The quantitative estimate of drug-likeness (QED) is 0.171. The van der Waals surface area contributed by atoms with Crippen LogP contribution in [0.2, 0.25) is 0 Å². The van der Waals surface area contributed by atoms with Gasteiger partial charge in [0, 0.05) is 19.4 Å². The monoisotopic (exact) mass is 390 g/mol. The number of nitrogens with two attached hydrogens (primary N) is 1. The Morgan fingerprint density at radius 2 is 1.43 bits per heavy atom. The number of para-hydroxylation sites is 1. The Hall–Kier alpha value is -1.92. The summed E-state index contributed by atoms with van der Waals surface area (Å²) in [6, 6.07) is 9.46. The molecule has 6 heteroatoms. The molecule has 0 aliphatic heterocycles. The van der Waals surface area contributed by atoms with Gasteiger partial charge in [0.1, 0.15) is 0 Å². The predicted octanol–water partition coefficient (Wildman–Crippen LogP) is 4.22. The molecule has 0 aromatic heterocycles. The Bertz CT molecular complexity index is 537. The molecule has 158 valence electrons. The van der Waals surface area contributed by atoms with Crippen molar-refractivity contribution in [2.24, 2.45) is 5.84 Å². The molecule has 0 spiro atoms. The Labute approximate surface area is 170 Å². The van der Waals surface area contributed by atoms with Crippen LogP contribution in [-0.2, 0) is 9.59 Å². The number of benzene rings is 1. The molecule has 1 aromatic rings. The summed E-state index contributed by atoms with van der Waals surface area (Å²) in [5.41, 5.74) is 6.07. The van der Waals surface area contributed by atoms with Gasteiger partial charge in [0.2, 0.25) is 11.8 Å². The molecule has 6 nitrogen and oxygen atoms in total. The lowest BCUT2D eigenvalue weighted by molar-refractivity contribution is -0.125. The Kier molecular flexibility index (Phi) is 13.8. The maximum atomic E-state index is 12.5. The minimum Gasteiger partial charge on any atom is -0.294 e. The summed E-state index contributed by atoms with van der Waals surface area (Å²) in [4.78, 5) is 23.8. The van der Waals surface area contributed by atoms with E-state index < -0.39 is 0 Å². The molecule has 0 heterocycles. The first-order valence-corrected chi connectivity index (χ1v) is 10.8. The van der Waals surface area contributed by atoms with E-state index in [4.69, 9.17) is 5.84 Å². The number of nitrogens with one attached hydrogen (secondary N) is 2. The smallest absolute Gasteiger partial charge is 0.241 e. The van der Waals surface area contributed by atoms with Gasteiger partial charge in [-0.25, -0.2) is 16.3 Å². The predicted molar refractivity (Wildman–Crippen MR) is 115 cm³/mol. The minimum absolute atomic E-state index is 0.0819. The van der Waals surface area contributed by atoms with Crippen LogP contribution in [0.5, 0.6) is 0 Å². The van der Waals surface area contributed by atoms with Gasteiger partial charge >= 0.3 is 0 Å². The van der Waals surface area contributed by atoms with E-state index >= 15 is 0 Å². The van der Waals surface area contributed by atoms with Crippen LogP contribution < -0.4 is 21.7 Å². The molecule has 4 N–H and O–H groups in total. The lowest BCUT2D eigenvalue weighted by Gasteiger charge is -2.23. The van der Waals surface area contributed by atoms with Crippen molar-refractivity contribution in [2.45, 2.75) is 84.0 Å². The number of rotatable bonds is 16. The zero-order valence-corrected chi connectivity index (χ0v) is 17.4. The molecule has 0 saturated carbocycles. The van der Waals surface area contributed by atoms with Gasteiger partial charge in [-0.2, -0.15) is 0 Å². The fraction of sp³-hybridized carbons (Fsp3) is 0.636. The molecule has 0 fully saturated rings. The number of hydrogen-bond acceptors (Lipinski definition) is 4. The van der Waals surface area contributed by atoms with Crippen LogP contribution in [0.1, 0.15) is 84.0 Å². The Morgan fingerprint density at radius 1 is 0.857 bits per heavy atom. The second-order valence-corrected chi connectivity index (χ2v) is 7.22. The highest BCUT2D eigenvalue weighted by molar-refractivity contribution is 5.94. The Balaban J connectivity index is 2.27. The van der Waals surface area contributed by atoms with Crippen molar-refractivity contribution >= 4 is 17.5 Å². The van der Waals surface area contributed by atoms with Gasteiger partial charge in [0.25, 0.3) is 0 Å². The molecule has 0 saturated heterocycles. The SMILES string of the molecule is CCCCCCCCCCCCNN(C(=O)CCC(=O)NN)c1ccccc1. The van der Waals surface area contributed by atoms with Crippen molar-refractivity contribution in [1.29, 1.82) is 0 Å². The van der Waals surface area contributed by atoms with Gasteiger partial charge in [-0.15, -0.1) is 0 Å².